The van der Waals surface area contributed by atoms with Gasteiger partial charge in [-0.15, -0.1) is 0 Å². The van der Waals surface area contributed by atoms with Gasteiger partial charge in [0, 0.05) is 27.0 Å². The third kappa shape index (κ3) is 9.06. The van der Waals surface area contributed by atoms with Crippen LogP contribution in [0.5, 0.6) is 5.75 Å². The van der Waals surface area contributed by atoms with E-state index in [1.807, 2.05) is 0 Å². The number of rotatable bonds is 8. The summed E-state index contributed by atoms with van der Waals surface area (Å²) in [6.45, 7) is 25.5. The van der Waals surface area contributed by atoms with Gasteiger partial charge in [-0.25, -0.2) is 4.98 Å². The first kappa shape index (κ1) is 37.0. The van der Waals surface area contributed by atoms with Crippen LogP contribution in [0, 0.1) is 6.85 Å². The minimum atomic E-state index is -2.82. The molecule has 0 aliphatic carbocycles. The van der Waals surface area contributed by atoms with Gasteiger partial charge >= 0.3 is 0 Å². The average Bonchev–Trinajstić information content (AvgIpc) is 3.69. The number of aromatic hydroxyl groups is 1. The normalized spacial score (nSPS) is 14.2. The first-order chi connectivity index (χ1) is 33.5. The quantitative estimate of drug-likeness (QED) is 0.166. The van der Waals surface area contributed by atoms with Crippen LogP contribution in [0.3, 0.4) is 0 Å². The topological polar surface area (TPSA) is 50.9 Å². The molecule has 65 heavy (non-hydrogen) atoms. The molecule has 4 heteroatoms. The highest BCUT2D eigenvalue weighted by Crippen LogP contribution is 2.45. The summed E-state index contributed by atoms with van der Waals surface area (Å²) in [6.07, 6.45) is 1.58. The predicted molar refractivity (Wildman–Crippen MR) is 277 cm³/mol. The maximum atomic E-state index is 12.4. The maximum absolute atomic E-state index is 12.4. The zero-order valence-electron chi connectivity index (χ0n) is 47.3. The monoisotopic (exact) mass is 865 g/mol. The number of benzene rings is 6. The molecule has 0 spiro atoms. The first-order valence-corrected chi connectivity index (χ1v) is 22.8. The van der Waals surface area contributed by atoms with Crippen molar-refractivity contribution in [2.24, 2.45) is 0 Å². The Morgan fingerprint density at radius 3 is 1.86 bits per heavy atom. The van der Waals surface area contributed by atoms with Crippen molar-refractivity contribution in [3.05, 3.63) is 167 Å². The highest BCUT2D eigenvalue weighted by molar-refractivity contribution is 5.98. The Balaban J connectivity index is 1.43. The second-order valence-corrected chi connectivity index (χ2v) is 21.3. The van der Waals surface area contributed by atoms with Gasteiger partial charge in [-0.05, 0) is 134 Å². The molecule has 0 fully saturated rings. The number of para-hydroxylation sites is 1. The highest BCUT2D eigenvalue weighted by atomic mass is 16.3. The van der Waals surface area contributed by atoms with Crippen molar-refractivity contribution in [3.8, 4) is 67.5 Å². The third-order valence-electron chi connectivity index (χ3n) is 12.6. The fraction of sp³-hybridized carbons (Fsp3) is 0.311. The summed E-state index contributed by atoms with van der Waals surface area (Å²) in [7, 11) is 0. The Hall–Kier alpha value is -6.26. The number of fused-ring (bicyclic) bond motifs is 1. The zero-order valence-corrected chi connectivity index (χ0v) is 40.3. The van der Waals surface area contributed by atoms with Crippen LogP contribution in [0.15, 0.2) is 133 Å². The summed E-state index contributed by atoms with van der Waals surface area (Å²) in [5.74, 6) is 1.04. The first-order valence-electron chi connectivity index (χ1n) is 26.3. The molecular weight excluding hydrogens is 791 g/mol. The van der Waals surface area contributed by atoms with Crippen LogP contribution in [-0.4, -0.2) is 19.6 Å². The smallest absolute Gasteiger partial charge is 0.149 e. The number of aromatic nitrogens is 3. The molecule has 1 N–H and O–H groups in total. The Labute approximate surface area is 398 Å². The van der Waals surface area contributed by atoms with Crippen molar-refractivity contribution in [1.29, 1.82) is 0 Å². The average molecular weight is 865 g/mol. The Kier molecular flexibility index (Phi) is 9.65. The van der Waals surface area contributed by atoms with Gasteiger partial charge < -0.3 is 5.11 Å². The molecule has 0 bridgehead atoms. The summed E-state index contributed by atoms with van der Waals surface area (Å²) in [4.78, 5) is 10.4. The van der Waals surface area contributed by atoms with E-state index in [0.29, 0.717) is 22.6 Å². The highest BCUT2D eigenvalue weighted by Gasteiger charge is 2.27. The fourth-order valence-electron chi connectivity index (χ4n) is 8.52. The Bertz CT molecular complexity index is 3370. The summed E-state index contributed by atoms with van der Waals surface area (Å²) in [6, 6.07) is 33.7. The van der Waals surface area contributed by atoms with E-state index in [1.54, 1.807) is 18.3 Å². The van der Waals surface area contributed by atoms with Crippen molar-refractivity contribution in [3.63, 3.8) is 0 Å². The molecule has 0 aliphatic heterocycles. The summed E-state index contributed by atoms with van der Waals surface area (Å²) < 4.78 is 61.0. The van der Waals surface area contributed by atoms with E-state index in [0.717, 1.165) is 61.2 Å². The Morgan fingerprint density at radius 1 is 0.569 bits per heavy atom. The molecule has 8 aromatic rings. The maximum Gasteiger partial charge on any atom is 0.149 e. The number of hydrogen-bond donors (Lipinski definition) is 1. The van der Waals surface area contributed by atoms with Crippen molar-refractivity contribution in [2.45, 2.75) is 125 Å². The number of pyridine rings is 1. The Morgan fingerprint density at radius 2 is 1.23 bits per heavy atom. The second-order valence-electron chi connectivity index (χ2n) is 21.3. The number of hydrogen-bond acceptors (Lipinski definition) is 3. The van der Waals surface area contributed by atoms with Gasteiger partial charge in [-0.1, -0.05) is 174 Å². The molecule has 0 unspecified atom stereocenters. The van der Waals surface area contributed by atoms with E-state index in [4.69, 9.17) is 19.6 Å². The van der Waals surface area contributed by atoms with Gasteiger partial charge in [0.1, 0.15) is 11.6 Å². The standard InChI is InChI=1S/C61H67N3O/c1-37(2)43-33-50(38(3)4)57(65)52(34-43)58-63-56-49(44-30-45(32-48(31-44)61(12,13)14)53-35-42(28-29-62-53)40-20-18-39(5)19-21-40)16-15-17-55(56)64(58)54-27-26-47(60(9,10)11)36-51(54)41-22-24-46(25-23-41)59(6,7)8/h15-38,65H,1-14H3/i5D3,18D,19D,20D,21D. The van der Waals surface area contributed by atoms with Crippen LogP contribution in [0.4, 0.5) is 0 Å². The third-order valence-corrected chi connectivity index (χ3v) is 12.6. The van der Waals surface area contributed by atoms with E-state index in [2.05, 4.69) is 186 Å². The van der Waals surface area contributed by atoms with Gasteiger partial charge in [-0.2, -0.15) is 0 Å². The molecule has 8 rings (SSSR count). The van der Waals surface area contributed by atoms with E-state index in [9.17, 15) is 5.11 Å². The lowest BCUT2D eigenvalue weighted by Gasteiger charge is -2.24. The molecule has 2 aromatic heterocycles. The lowest BCUT2D eigenvalue weighted by atomic mass is 9.83. The molecule has 2 heterocycles. The van der Waals surface area contributed by atoms with Crippen molar-refractivity contribution >= 4 is 11.0 Å². The molecule has 0 amide bonds. The number of imidazole rings is 1. The lowest BCUT2D eigenvalue weighted by molar-refractivity contribution is 0.466. The van der Waals surface area contributed by atoms with Gasteiger partial charge in [0.05, 0.1) is 33.5 Å². The van der Waals surface area contributed by atoms with Crippen LogP contribution >= 0.6 is 0 Å². The van der Waals surface area contributed by atoms with Gasteiger partial charge in [0.2, 0.25) is 0 Å². The molecule has 6 aromatic carbocycles. The van der Waals surface area contributed by atoms with Crippen molar-refractivity contribution in [2.75, 3.05) is 0 Å². The van der Waals surface area contributed by atoms with Crippen LogP contribution in [0.1, 0.15) is 145 Å². The number of phenols is 1. The van der Waals surface area contributed by atoms with E-state index >= 15 is 0 Å². The van der Waals surface area contributed by atoms with E-state index in [-0.39, 0.29) is 39.4 Å². The zero-order chi connectivity index (χ0) is 52.7. The van der Waals surface area contributed by atoms with Crippen LogP contribution in [0.25, 0.3) is 72.7 Å². The molecule has 332 valence electrons. The van der Waals surface area contributed by atoms with Crippen LogP contribution in [0.2, 0.25) is 0 Å². The lowest BCUT2D eigenvalue weighted by Crippen LogP contribution is -2.12. The minimum Gasteiger partial charge on any atom is -0.507 e. The molecule has 0 saturated carbocycles. The van der Waals surface area contributed by atoms with Crippen molar-refractivity contribution < 1.29 is 14.7 Å². The predicted octanol–water partition coefficient (Wildman–Crippen LogP) is 16.9. The van der Waals surface area contributed by atoms with Crippen LogP contribution in [-0.2, 0) is 16.2 Å². The summed E-state index contributed by atoms with van der Waals surface area (Å²) in [5, 5.41) is 12.4. The molecule has 0 radical (unpaired) electrons. The minimum absolute atomic E-state index is 0.00199. The van der Waals surface area contributed by atoms with Gasteiger partial charge in [-0.3, -0.25) is 9.55 Å². The molecule has 0 atom stereocenters. The number of nitrogens with zero attached hydrogens (tertiary/aromatic N) is 3. The fourth-order valence-corrected chi connectivity index (χ4v) is 8.52. The second kappa shape index (κ2) is 16.9. The molecule has 0 aliphatic rings. The van der Waals surface area contributed by atoms with Gasteiger partial charge in [0.25, 0.3) is 0 Å². The van der Waals surface area contributed by atoms with E-state index < -0.39 is 36.6 Å². The molecule has 0 saturated heterocycles. The number of phenolic OH excluding ortho intramolecular Hbond substituents is 1. The molecular formula is C61H67N3O. The molecule has 4 nitrogen and oxygen atoms in total. The van der Waals surface area contributed by atoms with E-state index in [1.165, 1.54) is 11.1 Å². The summed E-state index contributed by atoms with van der Waals surface area (Å²) in [5.41, 5.74) is 13.0. The summed E-state index contributed by atoms with van der Waals surface area (Å²) >= 11 is 0. The SMILES string of the molecule is [2H]c1c([2H])c(C([2H])([2H])[2H])c([2H])c([2H])c1-c1ccnc(-c2cc(-c3cccc4c3nc(-c3cc(C(C)C)cc(C(C)C)c3O)n4-c3ccc(C(C)(C)C)cc3-c3ccc(C(C)(C)C)cc3)cc(C(C)(C)C)c2)c1. The van der Waals surface area contributed by atoms with Crippen molar-refractivity contribution in [1.82, 2.24) is 14.5 Å². The van der Waals surface area contributed by atoms with Crippen LogP contribution < -0.4 is 0 Å². The largest absolute Gasteiger partial charge is 0.507 e. The van der Waals surface area contributed by atoms with Gasteiger partial charge in [0.15, 0.2) is 0 Å².